The van der Waals surface area contributed by atoms with E-state index in [0.29, 0.717) is 11.8 Å². The van der Waals surface area contributed by atoms with Crippen LogP contribution in [0.4, 0.5) is 5.82 Å². The second-order valence-corrected chi connectivity index (χ2v) is 6.11. The van der Waals surface area contributed by atoms with Crippen LogP contribution in [-0.4, -0.2) is 11.5 Å². The molecule has 0 saturated heterocycles. The summed E-state index contributed by atoms with van der Waals surface area (Å²) in [6.07, 6.45) is 1.11. The number of hydrogen-bond donors (Lipinski definition) is 1. The van der Waals surface area contributed by atoms with Crippen LogP contribution in [0.1, 0.15) is 64.0 Å². The van der Waals surface area contributed by atoms with Crippen molar-refractivity contribution >= 4 is 16.7 Å². The fourth-order valence-electron chi connectivity index (χ4n) is 2.40. The number of nitrogens with zero attached hydrogens (tertiary/aromatic N) is 1. The van der Waals surface area contributed by atoms with Crippen molar-refractivity contribution in [2.45, 2.75) is 52.9 Å². The monoisotopic (exact) mass is 270 g/mol. The quantitative estimate of drug-likeness (QED) is 0.797. The summed E-state index contributed by atoms with van der Waals surface area (Å²) < 4.78 is 0. The largest absolute Gasteiger partial charge is 0.370 e. The molecule has 0 radical (unpaired) electrons. The smallest absolute Gasteiger partial charge is 0.130 e. The lowest BCUT2D eigenvalue weighted by Gasteiger charge is -2.15. The van der Waals surface area contributed by atoms with Gasteiger partial charge in [-0.25, -0.2) is 4.98 Å². The highest BCUT2D eigenvalue weighted by molar-refractivity contribution is 5.82. The van der Waals surface area contributed by atoms with Gasteiger partial charge in [0.1, 0.15) is 5.82 Å². The van der Waals surface area contributed by atoms with Crippen LogP contribution < -0.4 is 5.32 Å². The summed E-state index contributed by atoms with van der Waals surface area (Å²) in [5.41, 5.74) is 3.77. The molecule has 2 rings (SSSR count). The molecule has 1 aromatic heterocycles. The molecule has 0 aliphatic carbocycles. The number of pyridine rings is 1. The van der Waals surface area contributed by atoms with E-state index in [0.717, 1.165) is 24.3 Å². The van der Waals surface area contributed by atoms with Crippen molar-refractivity contribution in [1.82, 2.24) is 4.98 Å². The van der Waals surface area contributed by atoms with Crippen LogP contribution in [0.3, 0.4) is 0 Å². The lowest BCUT2D eigenvalue weighted by atomic mass is 9.97. The topological polar surface area (TPSA) is 24.9 Å². The zero-order valence-corrected chi connectivity index (χ0v) is 13.3. The summed E-state index contributed by atoms with van der Waals surface area (Å²) in [6, 6.07) is 8.92. The van der Waals surface area contributed by atoms with Crippen molar-refractivity contribution in [3.05, 3.63) is 35.4 Å². The standard InChI is InChI=1S/C18H26N2/c1-6-9-19-18-16(13(4)5)11-15-10-14(12(2)3)7-8-17(15)20-18/h7-8,10-13H,6,9H2,1-5H3,(H,19,20). The Morgan fingerprint density at radius 3 is 2.40 bits per heavy atom. The molecular weight excluding hydrogens is 244 g/mol. The molecule has 2 aromatic rings. The zero-order chi connectivity index (χ0) is 14.7. The van der Waals surface area contributed by atoms with Crippen LogP contribution in [0.2, 0.25) is 0 Å². The Hall–Kier alpha value is -1.57. The van der Waals surface area contributed by atoms with Crippen molar-refractivity contribution in [3.8, 4) is 0 Å². The van der Waals surface area contributed by atoms with Gasteiger partial charge in [0.15, 0.2) is 0 Å². The Labute approximate surface area is 122 Å². The molecule has 20 heavy (non-hydrogen) atoms. The summed E-state index contributed by atoms with van der Waals surface area (Å²) >= 11 is 0. The molecule has 0 bridgehead atoms. The maximum atomic E-state index is 4.82. The molecule has 0 atom stereocenters. The van der Waals surface area contributed by atoms with Gasteiger partial charge in [-0.1, -0.05) is 40.7 Å². The summed E-state index contributed by atoms with van der Waals surface area (Å²) in [6.45, 7) is 12.1. The molecular formula is C18H26N2. The molecule has 0 fully saturated rings. The van der Waals surface area contributed by atoms with E-state index in [1.165, 1.54) is 16.5 Å². The van der Waals surface area contributed by atoms with Gasteiger partial charge < -0.3 is 5.32 Å². The Morgan fingerprint density at radius 1 is 1.05 bits per heavy atom. The number of benzene rings is 1. The van der Waals surface area contributed by atoms with Gasteiger partial charge in [0.2, 0.25) is 0 Å². The van der Waals surface area contributed by atoms with Crippen LogP contribution in [0.5, 0.6) is 0 Å². The van der Waals surface area contributed by atoms with Crippen LogP contribution >= 0.6 is 0 Å². The van der Waals surface area contributed by atoms with Crippen LogP contribution in [0, 0.1) is 0 Å². The third-order valence-corrected chi connectivity index (χ3v) is 3.70. The Kier molecular flexibility index (Phi) is 4.64. The lowest BCUT2D eigenvalue weighted by Crippen LogP contribution is -2.06. The first-order valence-electron chi connectivity index (χ1n) is 7.71. The molecule has 1 aromatic carbocycles. The first kappa shape index (κ1) is 14.8. The normalized spacial score (nSPS) is 11.6. The minimum atomic E-state index is 0.481. The molecule has 2 nitrogen and oxygen atoms in total. The molecule has 0 aliphatic rings. The molecule has 0 amide bonds. The van der Waals surface area contributed by atoms with E-state index in [1.54, 1.807) is 0 Å². The second kappa shape index (κ2) is 6.25. The Morgan fingerprint density at radius 2 is 1.80 bits per heavy atom. The van der Waals surface area contributed by atoms with Crippen molar-refractivity contribution in [1.29, 1.82) is 0 Å². The van der Waals surface area contributed by atoms with Gasteiger partial charge in [0.25, 0.3) is 0 Å². The fourth-order valence-corrected chi connectivity index (χ4v) is 2.40. The number of nitrogens with one attached hydrogen (secondary N) is 1. The second-order valence-electron chi connectivity index (χ2n) is 6.11. The van der Waals surface area contributed by atoms with Gasteiger partial charge in [-0.2, -0.15) is 0 Å². The van der Waals surface area contributed by atoms with Gasteiger partial charge in [-0.05, 0) is 47.6 Å². The Bertz CT molecular complexity index is 585. The van der Waals surface area contributed by atoms with Crippen molar-refractivity contribution in [2.24, 2.45) is 0 Å². The van der Waals surface area contributed by atoms with E-state index in [1.807, 2.05) is 0 Å². The number of anilines is 1. The fraction of sp³-hybridized carbons (Fsp3) is 0.500. The predicted octanol–water partition coefficient (Wildman–Crippen LogP) is 5.30. The van der Waals surface area contributed by atoms with Crippen LogP contribution in [0.25, 0.3) is 10.9 Å². The number of fused-ring (bicyclic) bond motifs is 1. The van der Waals surface area contributed by atoms with E-state index in [9.17, 15) is 0 Å². The van der Waals surface area contributed by atoms with Gasteiger partial charge in [-0.15, -0.1) is 0 Å². The van der Waals surface area contributed by atoms with E-state index >= 15 is 0 Å². The molecule has 108 valence electrons. The minimum Gasteiger partial charge on any atom is -0.370 e. The first-order chi connectivity index (χ1) is 9.52. The average molecular weight is 270 g/mol. The van der Waals surface area contributed by atoms with Gasteiger partial charge in [0.05, 0.1) is 5.52 Å². The molecule has 0 saturated carbocycles. The highest BCUT2D eigenvalue weighted by Gasteiger charge is 2.11. The highest BCUT2D eigenvalue weighted by Crippen LogP contribution is 2.28. The molecule has 1 N–H and O–H groups in total. The van der Waals surface area contributed by atoms with Crippen molar-refractivity contribution < 1.29 is 0 Å². The Balaban J connectivity index is 2.52. The van der Waals surface area contributed by atoms with Crippen molar-refractivity contribution in [2.75, 3.05) is 11.9 Å². The zero-order valence-electron chi connectivity index (χ0n) is 13.3. The third-order valence-electron chi connectivity index (χ3n) is 3.70. The summed E-state index contributed by atoms with van der Waals surface area (Å²) in [4.78, 5) is 4.82. The molecule has 2 heteroatoms. The summed E-state index contributed by atoms with van der Waals surface area (Å²) in [5.74, 6) is 2.08. The van der Waals surface area contributed by atoms with E-state index in [4.69, 9.17) is 4.98 Å². The SMILES string of the molecule is CCCNc1nc2ccc(C(C)C)cc2cc1C(C)C. The average Bonchev–Trinajstić information content (AvgIpc) is 2.43. The number of hydrogen-bond acceptors (Lipinski definition) is 2. The minimum absolute atomic E-state index is 0.481. The lowest BCUT2D eigenvalue weighted by molar-refractivity contribution is 0.855. The molecule has 0 aliphatic heterocycles. The highest BCUT2D eigenvalue weighted by atomic mass is 15.0. The third kappa shape index (κ3) is 3.12. The maximum absolute atomic E-state index is 4.82. The van der Waals surface area contributed by atoms with E-state index in [2.05, 4.69) is 64.2 Å². The van der Waals surface area contributed by atoms with Gasteiger partial charge in [-0.3, -0.25) is 0 Å². The summed E-state index contributed by atoms with van der Waals surface area (Å²) in [5, 5.41) is 4.71. The van der Waals surface area contributed by atoms with E-state index in [-0.39, 0.29) is 0 Å². The molecule has 0 unspecified atom stereocenters. The van der Waals surface area contributed by atoms with Gasteiger partial charge in [0, 0.05) is 11.9 Å². The number of aromatic nitrogens is 1. The van der Waals surface area contributed by atoms with Crippen LogP contribution in [0.15, 0.2) is 24.3 Å². The van der Waals surface area contributed by atoms with Crippen LogP contribution in [-0.2, 0) is 0 Å². The first-order valence-corrected chi connectivity index (χ1v) is 7.71. The number of rotatable bonds is 5. The van der Waals surface area contributed by atoms with E-state index < -0.39 is 0 Å². The predicted molar refractivity (Wildman–Crippen MR) is 88.7 cm³/mol. The summed E-state index contributed by atoms with van der Waals surface area (Å²) in [7, 11) is 0. The van der Waals surface area contributed by atoms with Gasteiger partial charge >= 0.3 is 0 Å². The molecule has 1 heterocycles. The maximum Gasteiger partial charge on any atom is 0.130 e. The van der Waals surface area contributed by atoms with Crippen molar-refractivity contribution in [3.63, 3.8) is 0 Å². The molecule has 0 spiro atoms.